The summed E-state index contributed by atoms with van der Waals surface area (Å²) < 4.78 is 175. The standard InChI is InChI=1S/2Ce.3H2O7S2/c;;3*1-8(2,3)7-9(4,5)6/h;;3*(H,1,2,3)(H,4,5,6)/q2*+3;;;/p-6. The van der Waals surface area contributed by atoms with Gasteiger partial charge in [0.05, 0.1) is 0 Å². The van der Waals surface area contributed by atoms with E-state index in [4.69, 9.17) is 0 Å². The molecule has 0 aromatic rings. The van der Waals surface area contributed by atoms with Gasteiger partial charge in [-0.2, -0.15) is 10.9 Å². The molecular weight excluding hydrogens is 809 g/mol. The molecule has 0 amide bonds. The Morgan fingerprint density at radius 1 is 0.310 bits per heavy atom. The maximum atomic E-state index is 9.29. The van der Waals surface area contributed by atoms with Gasteiger partial charge >= 0.3 is 83.5 Å². The Kier molecular flexibility index (Phi) is 21.5. The number of hydrogen-bond acceptors (Lipinski definition) is 21. The second-order valence-electron chi connectivity index (χ2n) is 2.65. The Bertz CT molecular complexity index is 854. The van der Waals surface area contributed by atoms with Gasteiger partial charge in [0, 0.05) is 0 Å². The summed E-state index contributed by atoms with van der Waals surface area (Å²) in [6, 6.07) is 0. The summed E-state index contributed by atoms with van der Waals surface area (Å²) in [6.07, 6.45) is 0. The third kappa shape index (κ3) is 58.8. The largest absolute Gasteiger partial charge is 3.00 e. The molecule has 170 valence electrons. The van der Waals surface area contributed by atoms with Crippen LogP contribution in [0.1, 0.15) is 0 Å². The van der Waals surface area contributed by atoms with E-state index in [0.29, 0.717) is 0 Å². The molecule has 29 heavy (non-hydrogen) atoms. The first-order valence-electron chi connectivity index (χ1n) is 4.00. The quantitative estimate of drug-likeness (QED) is 0.178. The smallest absolute Gasteiger partial charge is 0.725 e. The van der Waals surface area contributed by atoms with Gasteiger partial charge in [-0.15, -0.1) is 0 Å². The Balaban J connectivity index is -0.0000000960. The molecule has 0 spiro atoms. The first-order valence-corrected chi connectivity index (χ1v) is 12.0. The van der Waals surface area contributed by atoms with Crippen LogP contribution in [0.2, 0.25) is 0 Å². The Morgan fingerprint density at radius 3 is 0.379 bits per heavy atom. The molecule has 0 saturated carbocycles. The van der Waals surface area contributed by atoms with Gasteiger partial charge in [0.1, 0.15) is 0 Å². The summed E-state index contributed by atoms with van der Waals surface area (Å²) in [4.78, 5) is 0. The van der Waals surface area contributed by atoms with Crippen molar-refractivity contribution in [3.63, 3.8) is 0 Å². The van der Waals surface area contributed by atoms with Crippen molar-refractivity contribution in [1.82, 2.24) is 0 Å². The van der Waals surface area contributed by atoms with Gasteiger partial charge in [-0.25, -0.2) is 50.5 Å². The van der Waals surface area contributed by atoms with E-state index in [9.17, 15) is 77.8 Å². The van der Waals surface area contributed by atoms with Gasteiger partial charge in [-0.3, -0.25) is 0 Å². The zero-order chi connectivity index (χ0) is 23.1. The van der Waals surface area contributed by atoms with Gasteiger partial charge in [-0.05, 0) is 0 Å². The van der Waals surface area contributed by atoms with E-state index in [2.05, 4.69) is 10.9 Å². The van der Waals surface area contributed by atoms with Gasteiger partial charge in [-0.1, -0.05) is 0 Å². The summed E-state index contributed by atoms with van der Waals surface area (Å²) in [7, 11) is -32.6. The fourth-order valence-electron chi connectivity index (χ4n) is 0.306. The minimum Gasteiger partial charge on any atom is -0.725 e. The molecule has 29 heteroatoms. The second-order valence-corrected chi connectivity index (χ2v) is 9.19. The Morgan fingerprint density at radius 2 is 0.379 bits per heavy atom. The van der Waals surface area contributed by atoms with E-state index >= 15 is 0 Å². The van der Waals surface area contributed by atoms with Crippen molar-refractivity contribution in [2.45, 2.75) is 0 Å². The average Bonchev–Trinajstić information content (AvgIpc) is 1.96. The predicted molar refractivity (Wildman–Crippen MR) is 61.4 cm³/mol. The molecule has 0 aromatic heterocycles. The zero-order valence-corrected chi connectivity index (χ0v) is 23.2. The fourth-order valence-corrected chi connectivity index (χ4v) is 2.76. The Hall–Kier alpha value is 2.09. The normalized spacial score (nSPS) is 12.6. The van der Waals surface area contributed by atoms with Crippen molar-refractivity contribution in [1.29, 1.82) is 0 Å². The van der Waals surface area contributed by atoms with Crippen LogP contribution in [0.3, 0.4) is 0 Å². The van der Waals surface area contributed by atoms with Gasteiger partial charge < -0.3 is 27.3 Å². The summed E-state index contributed by atoms with van der Waals surface area (Å²) in [6.45, 7) is 0. The van der Waals surface area contributed by atoms with Crippen LogP contribution in [-0.2, 0) is 73.3 Å². The molecule has 2 radical (unpaired) electrons. The van der Waals surface area contributed by atoms with Gasteiger partial charge in [0.2, 0.25) is 62.4 Å². The molecule has 0 aromatic carbocycles. The van der Waals surface area contributed by atoms with Gasteiger partial charge in [0.15, 0.2) is 0 Å². The third-order valence-corrected chi connectivity index (χ3v) is 4.50. The number of hydrogen-bond donors (Lipinski definition) is 0. The molecular formula is Ce2O21S6. The summed E-state index contributed by atoms with van der Waals surface area (Å²) in [5, 5.41) is 0. The van der Waals surface area contributed by atoms with E-state index in [0.717, 1.165) is 0 Å². The van der Waals surface area contributed by atoms with Crippen LogP contribution < -0.4 is 0 Å². The monoisotopic (exact) mass is 808 g/mol. The summed E-state index contributed by atoms with van der Waals surface area (Å²) >= 11 is 0. The van der Waals surface area contributed by atoms with Gasteiger partial charge in [0.25, 0.3) is 0 Å². The minimum atomic E-state index is -5.43. The molecule has 0 heterocycles. The van der Waals surface area contributed by atoms with Crippen LogP contribution in [0.4, 0.5) is 0 Å². The molecule has 0 fully saturated rings. The van der Waals surface area contributed by atoms with Crippen molar-refractivity contribution in [3.8, 4) is 0 Å². The molecule has 0 unspecified atom stereocenters. The number of rotatable bonds is 6. The fraction of sp³-hybridized carbons (Fsp3) is 0. The van der Waals surface area contributed by atoms with Crippen LogP contribution >= 0.6 is 0 Å². The molecule has 0 bridgehead atoms. The maximum absolute atomic E-state index is 9.29. The van der Waals surface area contributed by atoms with Crippen molar-refractivity contribution < 1.29 is 172 Å². The molecule has 0 aliphatic carbocycles. The van der Waals surface area contributed by atoms with Crippen molar-refractivity contribution in [2.24, 2.45) is 0 Å². The van der Waals surface area contributed by atoms with Crippen LogP contribution in [0.25, 0.3) is 0 Å². The third-order valence-electron chi connectivity index (χ3n) is 0.500. The molecule has 0 aliphatic rings. The zero-order valence-electron chi connectivity index (χ0n) is 12.0. The van der Waals surface area contributed by atoms with Crippen LogP contribution in [0.15, 0.2) is 0 Å². The van der Waals surface area contributed by atoms with E-state index in [1.54, 1.807) is 0 Å². The van der Waals surface area contributed by atoms with Crippen molar-refractivity contribution in [2.75, 3.05) is 0 Å². The molecule has 21 nitrogen and oxygen atoms in total. The summed E-state index contributed by atoms with van der Waals surface area (Å²) in [5.41, 5.74) is 0. The SMILES string of the molecule is O=S(=O)([O-])OS(=O)(=O)[O-].O=S(=O)([O-])OS(=O)(=O)[O-].O=S(=O)([O-])OS(=O)(=O)[O-].[Ce+3].[Ce+3]. The summed E-state index contributed by atoms with van der Waals surface area (Å²) in [5.74, 6) is 0. The van der Waals surface area contributed by atoms with E-state index in [1.807, 2.05) is 0 Å². The topological polar surface area (TPSA) is 371 Å². The van der Waals surface area contributed by atoms with Crippen molar-refractivity contribution >= 4 is 62.4 Å². The molecule has 0 N–H and O–H groups in total. The Labute approximate surface area is 231 Å². The molecule has 0 aliphatic heterocycles. The first-order chi connectivity index (χ1) is 11.1. The van der Waals surface area contributed by atoms with Crippen LogP contribution in [0.5, 0.6) is 0 Å². The van der Waals surface area contributed by atoms with E-state index in [1.165, 1.54) is 0 Å². The van der Waals surface area contributed by atoms with Crippen molar-refractivity contribution in [3.05, 3.63) is 0 Å². The minimum absolute atomic E-state index is 0. The maximum Gasteiger partial charge on any atom is 3.00 e. The first kappa shape index (κ1) is 41.4. The predicted octanol–water partition coefficient (Wildman–Crippen LogP) is -6.23. The molecule has 0 rings (SSSR count). The average molecular weight is 809 g/mol. The molecule has 0 atom stereocenters. The van der Waals surface area contributed by atoms with Crippen LogP contribution in [-0.4, -0.2) is 77.8 Å². The molecule has 0 saturated heterocycles. The van der Waals surface area contributed by atoms with E-state index in [-0.39, 0.29) is 83.5 Å². The second kappa shape index (κ2) is 15.1. The van der Waals surface area contributed by atoms with E-state index < -0.39 is 62.4 Å². The van der Waals surface area contributed by atoms with Crippen LogP contribution in [0, 0.1) is 83.5 Å².